The molecule has 0 saturated carbocycles. The molecule has 0 bridgehead atoms. The maximum Gasteiger partial charge on any atom is 0.356 e. The van der Waals surface area contributed by atoms with Gasteiger partial charge in [-0.3, -0.25) is 9.59 Å². The van der Waals surface area contributed by atoms with E-state index >= 15 is 0 Å². The first-order valence-corrected chi connectivity index (χ1v) is 7.50. The fourth-order valence-electron chi connectivity index (χ4n) is 2.61. The predicted molar refractivity (Wildman–Crippen MR) is 81.0 cm³/mol. The average Bonchev–Trinajstić information content (AvgIpc) is 3.06. The minimum absolute atomic E-state index is 0.0583. The summed E-state index contributed by atoms with van der Waals surface area (Å²) < 4.78 is 18.1. The van der Waals surface area contributed by atoms with Crippen molar-refractivity contribution >= 4 is 40.8 Å². The van der Waals surface area contributed by atoms with Crippen LogP contribution in [0.15, 0.2) is 23.4 Å². The molecule has 9 heteroatoms. The largest absolute Gasteiger partial charge is 0.461 e. The lowest BCUT2D eigenvalue weighted by molar-refractivity contribution is -0.136. The van der Waals surface area contributed by atoms with Gasteiger partial charge in [0.2, 0.25) is 11.5 Å². The number of ether oxygens (including phenoxy) is 1. The van der Waals surface area contributed by atoms with Crippen molar-refractivity contribution in [2.45, 2.75) is 25.4 Å². The topological polar surface area (TPSA) is 85.3 Å². The summed E-state index contributed by atoms with van der Waals surface area (Å²) in [5.41, 5.74) is -1.50. The molecule has 1 aromatic carbocycles. The summed E-state index contributed by atoms with van der Waals surface area (Å²) in [5.74, 6) is -2.60. The maximum absolute atomic E-state index is 13.3. The molecular formula is C15H12ClFN2O5. The molecule has 1 saturated heterocycles. The Kier molecular flexibility index (Phi) is 4.00. The van der Waals surface area contributed by atoms with Gasteiger partial charge in [0.1, 0.15) is 5.82 Å². The first-order chi connectivity index (χ1) is 11.4. The van der Waals surface area contributed by atoms with E-state index in [1.165, 1.54) is 12.1 Å². The number of amides is 2. The number of benzene rings is 1. The van der Waals surface area contributed by atoms with Gasteiger partial charge in [-0.1, -0.05) is 16.8 Å². The number of halogens is 2. The standard InChI is InChI=1S/C15H12ClFN2O5/c1-2-23-13(21)11-6-15(24-18-11)7-12(20)19(14(15)22)8-3-4-10(17)9(16)5-8/h3-5H,2,6-7H2,1H3/t15-/m1/s1. The van der Waals surface area contributed by atoms with Crippen LogP contribution in [0.25, 0.3) is 0 Å². The van der Waals surface area contributed by atoms with Gasteiger partial charge in [-0.15, -0.1) is 0 Å². The third-order valence-electron chi connectivity index (χ3n) is 3.74. The SMILES string of the molecule is CCOC(=O)C1=NO[C@@]2(CC(=O)N(c3ccc(F)c(Cl)c3)C2=O)C1. The number of imide groups is 1. The molecule has 0 radical (unpaired) electrons. The lowest BCUT2D eigenvalue weighted by Crippen LogP contribution is -2.41. The Morgan fingerprint density at radius 1 is 1.46 bits per heavy atom. The van der Waals surface area contributed by atoms with Gasteiger partial charge in [-0.25, -0.2) is 14.1 Å². The number of rotatable bonds is 3. The van der Waals surface area contributed by atoms with Crippen LogP contribution in [0.1, 0.15) is 19.8 Å². The van der Waals surface area contributed by atoms with Crippen LogP contribution < -0.4 is 4.90 Å². The smallest absolute Gasteiger partial charge is 0.356 e. The highest BCUT2D eigenvalue weighted by atomic mass is 35.5. The summed E-state index contributed by atoms with van der Waals surface area (Å²) in [6.45, 7) is 1.78. The molecule has 2 heterocycles. The molecule has 2 aliphatic heterocycles. The number of hydrogen-bond donors (Lipinski definition) is 0. The Morgan fingerprint density at radius 3 is 2.88 bits per heavy atom. The Balaban J connectivity index is 1.85. The number of esters is 1. The molecule has 1 fully saturated rings. The first-order valence-electron chi connectivity index (χ1n) is 7.12. The minimum atomic E-state index is -1.57. The summed E-state index contributed by atoms with van der Waals surface area (Å²) in [7, 11) is 0. The van der Waals surface area contributed by atoms with Gasteiger partial charge in [0.05, 0.1) is 30.2 Å². The van der Waals surface area contributed by atoms with Crippen LogP contribution in [0.3, 0.4) is 0 Å². The molecule has 2 aliphatic rings. The Morgan fingerprint density at radius 2 is 2.21 bits per heavy atom. The van der Waals surface area contributed by atoms with E-state index in [-0.39, 0.29) is 35.9 Å². The van der Waals surface area contributed by atoms with Crippen LogP contribution >= 0.6 is 11.6 Å². The normalized spacial score (nSPS) is 22.8. The lowest BCUT2D eigenvalue weighted by atomic mass is 9.95. The van der Waals surface area contributed by atoms with Crippen LogP contribution in [0.4, 0.5) is 10.1 Å². The molecule has 1 aromatic rings. The number of anilines is 1. The van der Waals surface area contributed by atoms with E-state index in [0.717, 1.165) is 11.0 Å². The van der Waals surface area contributed by atoms with E-state index in [2.05, 4.69) is 5.16 Å². The molecule has 0 aromatic heterocycles. The summed E-state index contributed by atoms with van der Waals surface area (Å²) in [6, 6.07) is 3.49. The predicted octanol–water partition coefficient (Wildman–Crippen LogP) is 1.82. The zero-order chi connectivity index (χ0) is 17.5. The van der Waals surface area contributed by atoms with Gasteiger partial charge in [0.15, 0.2) is 5.71 Å². The molecule has 1 atom stereocenters. The van der Waals surface area contributed by atoms with Crippen LogP contribution in [0.2, 0.25) is 5.02 Å². The molecule has 1 spiro atoms. The summed E-state index contributed by atoms with van der Waals surface area (Å²) in [4.78, 5) is 42.6. The van der Waals surface area contributed by atoms with Gasteiger partial charge < -0.3 is 9.57 Å². The highest BCUT2D eigenvalue weighted by Crippen LogP contribution is 2.39. The molecule has 3 rings (SSSR count). The Bertz CT molecular complexity index is 781. The van der Waals surface area contributed by atoms with Crippen molar-refractivity contribution in [1.82, 2.24) is 0 Å². The van der Waals surface area contributed by atoms with E-state index in [4.69, 9.17) is 21.2 Å². The molecule has 0 aliphatic carbocycles. The molecule has 0 N–H and O–H groups in total. The first kappa shape index (κ1) is 16.4. The fraction of sp³-hybridized carbons (Fsp3) is 0.333. The van der Waals surface area contributed by atoms with Crippen molar-refractivity contribution in [1.29, 1.82) is 0 Å². The third kappa shape index (κ3) is 2.52. The molecular weight excluding hydrogens is 343 g/mol. The average molecular weight is 355 g/mol. The summed E-state index contributed by atoms with van der Waals surface area (Å²) in [6.07, 6.45) is -0.449. The zero-order valence-corrected chi connectivity index (χ0v) is 13.3. The fourth-order valence-corrected chi connectivity index (χ4v) is 2.79. The van der Waals surface area contributed by atoms with Crippen molar-refractivity contribution in [3.63, 3.8) is 0 Å². The van der Waals surface area contributed by atoms with Crippen LogP contribution in [-0.4, -0.2) is 35.7 Å². The molecule has 24 heavy (non-hydrogen) atoms. The minimum Gasteiger partial charge on any atom is -0.461 e. The van der Waals surface area contributed by atoms with Gasteiger partial charge in [0, 0.05) is 0 Å². The van der Waals surface area contributed by atoms with Crippen molar-refractivity contribution in [3.05, 3.63) is 29.0 Å². The highest BCUT2D eigenvalue weighted by molar-refractivity contribution is 6.39. The molecule has 2 amide bonds. The van der Waals surface area contributed by atoms with E-state index in [1.807, 2.05) is 0 Å². The van der Waals surface area contributed by atoms with Crippen LogP contribution in [0.5, 0.6) is 0 Å². The number of carbonyl (C=O) groups is 3. The number of nitrogens with zero attached hydrogens (tertiary/aromatic N) is 2. The third-order valence-corrected chi connectivity index (χ3v) is 4.02. The number of oxime groups is 1. The second-order valence-electron chi connectivity index (χ2n) is 5.33. The van der Waals surface area contributed by atoms with Crippen molar-refractivity contribution in [3.8, 4) is 0 Å². The zero-order valence-electron chi connectivity index (χ0n) is 12.5. The van der Waals surface area contributed by atoms with Gasteiger partial charge in [-0.05, 0) is 25.1 Å². The van der Waals surface area contributed by atoms with Crippen molar-refractivity contribution in [2.24, 2.45) is 5.16 Å². The molecule has 126 valence electrons. The second kappa shape index (κ2) is 5.86. The van der Waals surface area contributed by atoms with E-state index in [1.54, 1.807) is 6.92 Å². The monoisotopic (exact) mass is 354 g/mol. The molecule has 7 nitrogen and oxygen atoms in total. The van der Waals surface area contributed by atoms with Gasteiger partial charge in [-0.2, -0.15) is 0 Å². The van der Waals surface area contributed by atoms with Crippen LogP contribution in [0, 0.1) is 5.82 Å². The van der Waals surface area contributed by atoms with Crippen molar-refractivity contribution in [2.75, 3.05) is 11.5 Å². The van der Waals surface area contributed by atoms with Gasteiger partial charge >= 0.3 is 5.97 Å². The van der Waals surface area contributed by atoms with Gasteiger partial charge in [0.25, 0.3) is 5.91 Å². The Hall–Kier alpha value is -2.48. The summed E-state index contributed by atoms with van der Waals surface area (Å²) in [5, 5.41) is 3.37. The van der Waals surface area contributed by atoms with E-state index in [0.29, 0.717) is 0 Å². The van der Waals surface area contributed by atoms with Crippen LogP contribution in [-0.2, 0) is 24.0 Å². The summed E-state index contributed by atoms with van der Waals surface area (Å²) >= 11 is 5.70. The molecule has 0 unspecified atom stereocenters. The quantitative estimate of drug-likeness (QED) is 0.610. The number of hydrogen-bond acceptors (Lipinski definition) is 6. The van der Waals surface area contributed by atoms with E-state index in [9.17, 15) is 18.8 Å². The highest BCUT2D eigenvalue weighted by Gasteiger charge is 2.58. The maximum atomic E-state index is 13.3. The number of carbonyl (C=O) groups excluding carboxylic acids is 3. The lowest BCUT2D eigenvalue weighted by Gasteiger charge is -2.19. The second-order valence-corrected chi connectivity index (χ2v) is 5.74. The van der Waals surface area contributed by atoms with E-state index < -0.39 is 29.2 Å². The van der Waals surface area contributed by atoms with Crippen molar-refractivity contribution < 1.29 is 28.3 Å². The Labute approximate surface area is 140 Å².